The molecule has 0 bridgehead atoms. The van der Waals surface area contributed by atoms with Crippen LogP contribution in [0.5, 0.6) is 0 Å². The zero-order chi connectivity index (χ0) is 12.3. The van der Waals surface area contributed by atoms with Crippen molar-refractivity contribution in [3.8, 4) is 0 Å². The van der Waals surface area contributed by atoms with Gasteiger partial charge in [-0.3, -0.25) is 4.79 Å². The zero-order valence-corrected chi connectivity index (χ0v) is 12.3. The predicted octanol–water partition coefficient (Wildman–Crippen LogP) is 4.29. The van der Waals surface area contributed by atoms with Gasteiger partial charge in [0.15, 0.2) is 0 Å². The maximum atomic E-state index is 10.0. The molecular weight excluding hydrogens is 240 g/mol. The van der Waals surface area contributed by atoms with Crippen LogP contribution >= 0.6 is 21.6 Å². The summed E-state index contributed by atoms with van der Waals surface area (Å²) >= 11 is 0. The average molecular weight is 264 g/mol. The molecule has 16 heavy (non-hydrogen) atoms. The van der Waals surface area contributed by atoms with E-state index in [1.165, 1.54) is 31.4 Å². The quantitative estimate of drug-likeness (QED) is 0.316. The molecule has 0 aromatic heterocycles. The van der Waals surface area contributed by atoms with Gasteiger partial charge in [-0.25, -0.2) is 0 Å². The summed E-state index contributed by atoms with van der Waals surface area (Å²) in [5.74, 6) is 1.22. The van der Waals surface area contributed by atoms with Gasteiger partial charge in [-0.05, 0) is 26.7 Å². The van der Waals surface area contributed by atoms with Crippen molar-refractivity contribution < 1.29 is 9.53 Å². The molecule has 0 spiro atoms. The van der Waals surface area contributed by atoms with E-state index in [4.69, 9.17) is 4.74 Å². The van der Waals surface area contributed by atoms with Gasteiger partial charge < -0.3 is 4.74 Å². The topological polar surface area (TPSA) is 26.3 Å². The lowest BCUT2D eigenvalue weighted by Gasteiger charge is -2.22. The molecule has 0 saturated carbocycles. The Morgan fingerprint density at radius 3 is 2.62 bits per heavy atom. The van der Waals surface area contributed by atoms with Gasteiger partial charge in [0.25, 0.3) is 6.47 Å². The van der Waals surface area contributed by atoms with Gasteiger partial charge in [-0.15, -0.1) is 0 Å². The van der Waals surface area contributed by atoms with Crippen LogP contribution in [0.4, 0.5) is 0 Å². The second-order valence-electron chi connectivity index (χ2n) is 4.44. The maximum absolute atomic E-state index is 10.0. The molecule has 0 radical (unpaired) electrons. The van der Waals surface area contributed by atoms with Crippen molar-refractivity contribution in [2.75, 3.05) is 12.4 Å². The Hall–Kier alpha value is 0.170. The number of unbranched alkanes of at least 4 members (excludes halogenated alkanes) is 3. The molecule has 0 aromatic carbocycles. The summed E-state index contributed by atoms with van der Waals surface area (Å²) in [5, 5.41) is 0. The largest absolute Gasteiger partial charge is 0.468 e. The fraction of sp³-hybridized carbons (Fsp3) is 0.917. The second kappa shape index (κ2) is 10.3. The molecule has 0 atom stereocenters. The van der Waals surface area contributed by atoms with Gasteiger partial charge >= 0.3 is 0 Å². The van der Waals surface area contributed by atoms with E-state index in [0.717, 1.165) is 6.42 Å². The lowest BCUT2D eigenvalue weighted by molar-refractivity contribution is -0.128. The van der Waals surface area contributed by atoms with Crippen LogP contribution in [-0.2, 0) is 9.53 Å². The molecule has 0 unspecified atom stereocenters. The van der Waals surface area contributed by atoms with E-state index in [1.54, 1.807) is 0 Å². The fourth-order valence-corrected chi connectivity index (χ4v) is 3.89. The highest BCUT2D eigenvalue weighted by atomic mass is 33.1. The van der Waals surface area contributed by atoms with Crippen LogP contribution in [0, 0.1) is 0 Å². The molecule has 0 aromatic rings. The third kappa shape index (κ3) is 10.7. The molecule has 96 valence electrons. The van der Waals surface area contributed by atoms with Crippen molar-refractivity contribution in [2.45, 2.75) is 57.6 Å². The smallest absolute Gasteiger partial charge is 0.293 e. The van der Waals surface area contributed by atoms with Crippen molar-refractivity contribution in [3.63, 3.8) is 0 Å². The second-order valence-corrected chi connectivity index (χ2v) is 7.57. The summed E-state index contributed by atoms with van der Waals surface area (Å²) in [6.07, 6.45) is 6.22. The molecule has 0 N–H and O–H groups in total. The molecule has 0 fully saturated rings. The predicted molar refractivity (Wildman–Crippen MR) is 74.9 cm³/mol. The molecule has 0 aliphatic rings. The highest BCUT2D eigenvalue weighted by Crippen LogP contribution is 2.38. The highest BCUT2D eigenvalue weighted by molar-refractivity contribution is 8.77. The highest BCUT2D eigenvalue weighted by Gasteiger charge is 2.18. The molecule has 0 heterocycles. The molecule has 2 nitrogen and oxygen atoms in total. The van der Waals surface area contributed by atoms with Crippen molar-refractivity contribution in [2.24, 2.45) is 0 Å². The molecule has 0 rings (SSSR count). The van der Waals surface area contributed by atoms with Crippen molar-refractivity contribution in [3.05, 3.63) is 0 Å². The summed E-state index contributed by atoms with van der Waals surface area (Å²) in [5.41, 5.74) is 0. The van der Waals surface area contributed by atoms with Gasteiger partial charge in [0.1, 0.15) is 0 Å². The maximum Gasteiger partial charge on any atom is 0.293 e. The van der Waals surface area contributed by atoms with Crippen LogP contribution in [0.3, 0.4) is 0 Å². The summed E-state index contributed by atoms with van der Waals surface area (Å²) in [4.78, 5) is 10.0. The van der Waals surface area contributed by atoms with Gasteiger partial charge in [0.05, 0.1) is 6.61 Å². The van der Waals surface area contributed by atoms with Crippen molar-refractivity contribution in [1.82, 2.24) is 0 Å². The zero-order valence-electron chi connectivity index (χ0n) is 10.7. The van der Waals surface area contributed by atoms with E-state index >= 15 is 0 Å². The summed E-state index contributed by atoms with van der Waals surface area (Å²) in [6, 6.07) is 0. The minimum Gasteiger partial charge on any atom is -0.468 e. The van der Waals surface area contributed by atoms with Crippen molar-refractivity contribution >= 4 is 28.1 Å². The number of hydrogen-bond donors (Lipinski definition) is 0. The Kier molecular flexibility index (Phi) is 10.4. The third-order valence-electron chi connectivity index (χ3n) is 2.26. The first-order valence-electron chi connectivity index (χ1n) is 5.98. The number of ether oxygens (including phenoxy) is 1. The molecule has 4 heteroatoms. The summed E-state index contributed by atoms with van der Waals surface area (Å²) < 4.78 is 4.92. The summed E-state index contributed by atoms with van der Waals surface area (Å²) in [6.45, 7) is 7.69. The molecule has 0 saturated heterocycles. The van der Waals surface area contributed by atoms with Crippen LogP contribution in [-0.4, -0.2) is 23.6 Å². The monoisotopic (exact) mass is 264 g/mol. The Bertz CT molecular complexity index is 172. The fourth-order valence-electron chi connectivity index (χ4n) is 1.18. The molecule has 0 aliphatic heterocycles. The average Bonchev–Trinajstić information content (AvgIpc) is 2.23. The third-order valence-corrected chi connectivity index (χ3v) is 5.69. The standard InChI is InChI=1S/C12H24O2S2/c1-4-5-6-7-10-15-16-12(2,3)8-9-14-11-13/h11H,4-10H2,1-3H3. The number of carbonyl (C=O) groups is 1. The summed E-state index contributed by atoms with van der Waals surface area (Å²) in [7, 11) is 3.85. The van der Waals surface area contributed by atoms with Crippen LogP contribution < -0.4 is 0 Å². The van der Waals surface area contributed by atoms with Gasteiger partial charge in [-0.2, -0.15) is 0 Å². The minimum absolute atomic E-state index is 0.193. The first-order valence-corrected chi connectivity index (χ1v) is 8.30. The number of rotatable bonds is 11. The van der Waals surface area contributed by atoms with E-state index < -0.39 is 0 Å². The van der Waals surface area contributed by atoms with E-state index in [9.17, 15) is 4.79 Å². The van der Waals surface area contributed by atoms with Gasteiger partial charge in [0, 0.05) is 10.5 Å². The number of hydrogen-bond acceptors (Lipinski definition) is 4. The Morgan fingerprint density at radius 2 is 2.00 bits per heavy atom. The van der Waals surface area contributed by atoms with Gasteiger partial charge in [-0.1, -0.05) is 47.8 Å². The first-order chi connectivity index (χ1) is 7.62. The van der Waals surface area contributed by atoms with E-state index in [1.807, 2.05) is 21.6 Å². The van der Waals surface area contributed by atoms with Gasteiger partial charge in [0.2, 0.25) is 0 Å². The number of carbonyl (C=O) groups excluding carboxylic acids is 1. The normalized spacial score (nSPS) is 11.4. The Labute approximate surface area is 108 Å². The molecule has 0 amide bonds. The van der Waals surface area contributed by atoms with E-state index in [-0.39, 0.29) is 4.75 Å². The SMILES string of the molecule is CCCCCCSSC(C)(C)CCOC=O. The lowest BCUT2D eigenvalue weighted by atomic mass is 10.1. The van der Waals surface area contributed by atoms with E-state index in [0.29, 0.717) is 13.1 Å². The van der Waals surface area contributed by atoms with Crippen molar-refractivity contribution in [1.29, 1.82) is 0 Å². The molecular formula is C12H24O2S2. The Balaban J connectivity index is 3.38. The first kappa shape index (κ1) is 16.2. The van der Waals surface area contributed by atoms with Crippen LogP contribution in [0.15, 0.2) is 0 Å². The van der Waals surface area contributed by atoms with Crippen LogP contribution in [0.25, 0.3) is 0 Å². The lowest BCUT2D eigenvalue weighted by Crippen LogP contribution is -2.16. The van der Waals surface area contributed by atoms with Crippen LogP contribution in [0.2, 0.25) is 0 Å². The molecule has 0 aliphatic carbocycles. The Morgan fingerprint density at radius 1 is 1.25 bits per heavy atom. The van der Waals surface area contributed by atoms with E-state index in [2.05, 4.69) is 20.8 Å². The van der Waals surface area contributed by atoms with Crippen LogP contribution in [0.1, 0.15) is 52.9 Å². The minimum atomic E-state index is 0.193.